The predicted octanol–water partition coefficient (Wildman–Crippen LogP) is 8.41. The maximum absolute atomic E-state index is 16.0. The van der Waals surface area contributed by atoms with Crippen LogP contribution in [0, 0.1) is 28.9 Å². The van der Waals surface area contributed by atoms with Gasteiger partial charge in [0.15, 0.2) is 17.3 Å². The van der Waals surface area contributed by atoms with E-state index in [2.05, 4.69) is 29.8 Å². The molecule has 3 aliphatic carbocycles. The number of hydrogen-bond donors (Lipinski definition) is 3. The highest BCUT2D eigenvalue weighted by Gasteiger charge is 2.68. The number of carbonyl (C=O) groups is 6. The van der Waals surface area contributed by atoms with Crippen molar-refractivity contribution in [3.8, 4) is 17.2 Å². The van der Waals surface area contributed by atoms with Crippen molar-refractivity contribution in [3.05, 3.63) is 86.9 Å². The third-order valence-corrected chi connectivity index (χ3v) is 16.3. The van der Waals surface area contributed by atoms with Gasteiger partial charge in [0.25, 0.3) is 5.91 Å². The van der Waals surface area contributed by atoms with Gasteiger partial charge < -0.3 is 58.7 Å². The van der Waals surface area contributed by atoms with E-state index in [9.17, 15) is 24.0 Å². The lowest BCUT2D eigenvalue weighted by Crippen LogP contribution is -2.65. The zero-order valence-electron chi connectivity index (χ0n) is 46.9. The Hall–Kier alpha value is -6.39. The van der Waals surface area contributed by atoms with E-state index < -0.39 is 83.1 Å². The molecule has 79 heavy (non-hydrogen) atoms. The molecule has 7 amide bonds. The van der Waals surface area contributed by atoms with Gasteiger partial charge in [0.1, 0.15) is 34.4 Å². The van der Waals surface area contributed by atoms with Crippen molar-refractivity contribution in [2.75, 3.05) is 47.5 Å². The fourth-order valence-corrected chi connectivity index (χ4v) is 12.3. The Kier molecular flexibility index (Phi) is 16.8. The number of piperidine rings is 1. The van der Waals surface area contributed by atoms with E-state index in [1.807, 2.05) is 6.92 Å². The van der Waals surface area contributed by atoms with Crippen LogP contribution in [0.2, 0.25) is 5.02 Å². The van der Waals surface area contributed by atoms with E-state index in [0.29, 0.717) is 49.4 Å². The summed E-state index contributed by atoms with van der Waals surface area (Å²) < 4.78 is 72.6. The van der Waals surface area contributed by atoms with E-state index in [4.69, 9.17) is 44.6 Å². The molecule has 0 spiro atoms. The third kappa shape index (κ3) is 12.1. The Morgan fingerprint density at radius 2 is 1.51 bits per heavy atom. The maximum Gasteiger partial charge on any atom is 0.482 e. The molecule has 0 aromatic heterocycles. The molecule has 3 N–H and O–H groups in total. The number of likely N-dealkylation sites (tertiary alicyclic amines) is 1. The zero-order valence-corrected chi connectivity index (χ0v) is 47.7. The number of ether oxygens (including phenoxy) is 5. The molecule has 2 bridgehead atoms. The summed E-state index contributed by atoms with van der Waals surface area (Å²) in [6.45, 7) is 17.4. The number of nitrogens with zero attached hydrogens (tertiary/aromatic N) is 3. The molecule has 23 heteroatoms. The van der Waals surface area contributed by atoms with Gasteiger partial charge >= 0.3 is 31.2 Å². The molecule has 3 aliphatic heterocycles. The van der Waals surface area contributed by atoms with Gasteiger partial charge in [-0.05, 0) is 133 Å². The summed E-state index contributed by atoms with van der Waals surface area (Å²) in [5, 5.41) is 8.04. The van der Waals surface area contributed by atoms with Crippen LogP contribution in [0.1, 0.15) is 131 Å². The monoisotopic (exact) mass is 1120 g/mol. The molecular weight excluding hydrogens is 1050 g/mol. The van der Waals surface area contributed by atoms with Crippen LogP contribution < -0.4 is 30.2 Å². The molecule has 3 saturated carbocycles. The van der Waals surface area contributed by atoms with Crippen molar-refractivity contribution in [1.29, 1.82) is 0 Å². The number of methoxy groups -OCH3 is 3. The first-order valence-electron chi connectivity index (χ1n) is 26.6. The summed E-state index contributed by atoms with van der Waals surface area (Å²) in [7, 11) is 2.55. The van der Waals surface area contributed by atoms with Gasteiger partial charge in [0, 0.05) is 49.9 Å². The van der Waals surface area contributed by atoms with Crippen molar-refractivity contribution in [2.24, 2.45) is 17.3 Å². The largest absolute Gasteiger partial charge is 0.495 e. The van der Waals surface area contributed by atoms with Crippen LogP contribution in [0.4, 0.5) is 23.2 Å². The molecule has 9 rings (SSSR count). The summed E-state index contributed by atoms with van der Waals surface area (Å²) in [5.41, 5.74) is -1.83. The lowest BCUT2D eigenvalue weighted by Gasteiger charge is -2.64. The molecule has 0 radical (unpaired) electrons. The van der Waals surface area contributed by atoms with Crippen LogP contribution in [-0.2, 0) is 36.5 Å². The number of imide groups is 1. The Labute approximate surface area is 465 Å². The standard InChI is InChI=1S/C56H72BClF2N6O13/c1-53(2,3)76-49(69)41-36(59)17-16-31(44(41)73-10)25-40(57-78-39-27-33-26-38(55(33,7)8)56(39,9)79-57)62-47(67)43(35-28-37(60)45(74-11)46(75-12)42(35)58)63-50(70)66-23-22-65(52(66)72)34-18-20-64(21-19-34)48(68)32-15-13-14-30(24-32)29-61-51(71)77-54(4,5)6/h13-17,24,28,33-34,38-40,43H,18-23,25-27,29H2,1-12H3,(H,61,71)(H,62,67)(H,63,70)/t33-,38-,39+,40-,43?,56-/m0/s1. The smallest absolute Gasteiger partial charge is 0.482 e. The van der Waals surface area contributed by atoms with E-state index in [0.717, 1.165) is 23.5 Å². The van der Waals surface area contributed by atoms with E-state index in [1.54, 1.807) is 75.6 Å². The average Bonchev–Trinajstić information content (AvgIpc) is 3.53. The average molecular weight is 1120 g/mol. The van der Waals surface area contributed by atoms with Crippen LogP contribution in [0.3, 0.4) is 0 Å². The van der Waals surface area contributed by atoms with Crippen LogP contribution in [-0.4, -0.2) is 140 Å². The van der Waals surface area contributed by atoms with Crippen molar-refractivity contribution in [1.82, 2.24) is 30.7 Å². The lowest BCUT2D eigenvalue weighted by atomic mass is 9.43. The Balaban J connectivity index is 1.03. The molecule has 3 heterocycles. The Bertz CT molecular complexity index is 2880. The highest BCUT2D eigenvalue weighted by atomic mass is 35.5. The summed E-state index contributed by atoms with van der Waals surface area (Å²) >= 11 is 6.93. The number of amides is 7. The minimum absolute atomic E-state index is 0.0633. The molecule has 6 fully saturated rings. The molecule has 3 aromatic carbocycles. The summed E-state index contributed by atoms with van der Waals surface area (Å²) in [6.07, 6.45) is 1.26. The quantitative estimate of drug-likeness (QED) is 0.0965. The lowest BCUT2D eigenvalue weighted by molar-refractivity contribution is -0.199. The van der Waals surface area contributed by atoms with Crippen LogP contribution in [0.5, 0.6) is 17.2 Å². The molecule has 3 saturated heterocycles. The first-order chi connectivity index (χ1) is 37.1. The Morgan fingerprint density at radius 1 is 0.835 bits per heavy atom. The summed E-state index contributed by atoms with van der Waals surface area (Å²) in [4.78, 5) is 87.8. The van der Waals surface area contributed by atoms with E-state index in [-0.39, 0.29) is 88.8 Å². The van der Waals surface area contributed by atoms with Crippen molar-refractivity contribution in [2.45, 2.75) is 142 Å². The first kappa shape index (κ1) is 58.8. The number of esters is 1. The molecule has 19 nitrogen and oxygen atoms in total. The molecular formula is C56H72BClF2N6O13. The second-order valence-electron chi connectivity index (χ2n) is 23.7. The number of hydrogen-bond acceptors (Lipinski definition) is 13. The van der Waals surface area contributed by atoms with Gasteiger partial charge in [0.05, 0.1) is 44.0 Å². The normalized spacial score (nSPS) is 22.5. The van der Waals surface area contributed by atoms with Crippen molar-refractivity contribution >= 4 is 54.7 Å². The molecule has 428 valence electrons. The fraction of sp³-hybridized carbons (Fsp3) is 0.571. The van der Waals surface area contributed by atoms with E-state index >= 15 is 13.6 Å². The second-order valence-corrected chi connectivity index (χ2v) is 24.1. The number of rotatable bonds is 15. The van der Waals surface area contributed by atoms with Gasteiger partial charge in [0.2, 0.25) is 5.91 Å². The summed E-state index contributed by atoms with van der Waals surface area (Å²) in [5.74, 6) is -5.52. The summed E-state index contributed by atoms with van der Waals surface area (Å²) in [6, 6.07) is 6.54. The molecule has 1 unspecified atom stereocenters. The van der Waals surface area contributed by atoms with Crippen LogP contribution in [0.25, 0.3) is 0 Å². The van der Waals surface area contributed by atoms with Gasteiger partial charge in [-0.3, -0.25) is 9.59 Å². The van der Waals surface area contributed by atoms with Gasteiger partial charge in [-0.2, -0.15) is 0 Å². The Morgan fingerprint density at radius 3 is 2.14 bits per heavy atom. The van der Waals surface area contributed by atoms with Gasteiger partial charge in [-0.25, -0.2) is 32.9 Å². The third-order valence-electron chi connectivity index (χ3n) is 16.0. The molecule has 6 aliphatic rings. The van der Waals surface area contributed by atoms with Crippen LogP contribution in [0.15, 0.2) is 42.5 Å². The molecule has 3 aromatic rings. The van der Waals surface area contributed by atoms with Gasteiger partial charge in [-0.15, -0.1) is 0 Å². The minimum Gasteiger partial charge on any atom is -0.495 e. The zero-order chi connectivity index (χ0) is 57.7. The number of nitrogens with one attached hydrogen (secondary N) is 3. The number of halogens is 3. The minimum atomic E-state index is -1.82. The predicted molar refractivity (Wildman–Crippen MR) is 287 cm³/mol. The van der Waals surface area contributed by atoms with Crippen molar-refractivity contribution < 1.29 is 70.5 Å². The first-order valence-corrected chi connectivity index (χ1v) is 27.0. The second kappa shape index (κ2) is 22.6. The molecule has 6 atom stereocenters. The fourth-order valence-electron chi connectivity index (χ4n) is 11.9. The highest BCUT2D eigenvalue weighted by molar-refractivity contribution is 6.48. The number of alkyl carbamates (subject to hydrolysis) is 1. The van der Waals surface area contributed by atoms with Gasteiger partial charge in [-0.1, -0.05) is 43.6 Å². The maximum atomic E-state index is 16.0. The highest BCUT2D eigenvalue weighted by Crippen LogP contribution is 2.66. The number of carbonyl (C=O) groups excluding carboxylic acids is 6. The SMILES string of the molecule is COc1c(F)cc(C(NC(=O)N2CCN(C3CCN(C(=O)c4cccc(CNC(=O)OC(C)(C)C)c4)CC3)C2=O)C(=O)N[C@@H](Cc2ccc(F)c(C(=O)OC(C)(C)C)c2OC)B2O[C@@H]3C[C@@H]4C[C@@H](C4(C)C)[C@]3(C)O2)c(Cl)c1OC. The number of urea groups is 2. The van der Waals surface area contributed by atoms with Crippen LogP contribution >= 0.6 is 11.6 Å². The van der Waals surface area contributed by atoms with E-state index in [1.165, 1.54) is 27.4 Å². The number of benzene rings is 3. The van der Waals surface area contributed by atoms with Crippen molar-refractivity contribution in [3.63, 3.8) is 0 Å². The topological polar surface area (TPSA) is 213 Å².